The van der Waals surface area contributed by atoms with E-state index in [1.165, 1.54) is 10.5 Å². The summed E-state index contributed by atoms with van der Waals surface area (Å²) in [5, 5.41) is 0. The first kappa shape index (κ1) is 8.20. The fraction of sp³-hybridized carbons (Fsp3) is 0.333. The highest BCUT2D eigenvalue weighted by atomic mass is 32.2. The van der Waals surface area contributed by atoms with Crippen LogP contribution < -0.4 is 0 Å². The van der Waals surface area contributed by atoms with Crippen LogP contribution in [0.15, 0.2) is 17.2 Å². The van der Waals surface area contributed by atoms with Gasteiger partial charge in [-0.15, -0.1) is 0 Å². The van der Waals surface area contributed by atoms with Crippen LogP contribution in [0.4, 0.5) is 0 Å². The Hall–Kier alpha value is -0.410. The third-order valence-corrected chi connectivity index (χ3v) is 3.27. The number of aryl methyl sites for hydroxylation is 1. The van der Waals surface area contributed by atoms with Gasteiger partial charge in [0.15, 0.2) is 0 Å². The summed E-state index contributed by atoms with van der Waals surface area (Å²) in [6, 6.07) is 2.20. The molecule has 0 saturated heterocycles. The summed E-state index contributed by atoms with van der Waals surface area (Å²) in [6.45, 7) is 2.14. The summed E-state index contributed by atoms with van der Waals surface area (Å²) in [5.41, 5.74) is 2.45. The molecule has 1 aliphatic heterocycles. The summed E-state index contributed by atoms with van der Waals surface area (Å²) in [5.74, 6) is 0. The second kappa shape index (κ2) is 3.15. The van der Waals surface area contributed by atoms with E-state index in [1.54, 1.807) is 11.8 Å². The number of hydrogen-bond donors (Lipinski definition) is 0. The van der Waals surface area contributed by atoms with E-state index < -0.39 is 0 Å². The molecular formula is C9H9NS2. The van der Waals surface area contributed by atoms with E-state index in [2.05, 4.69) is 18.0 Å². The van der Waals surface area contributed by atoms with Crippen molar-refractivity contribution in [3.8, 4) is 0 Å². The van der Waals surface area contributed by atoms with Crippen molar-refractivity contribution in [2.45, 2.75) is 24.7 Å². The maximum Gasteiger partial charge on any atom is 0.0600 e. The number of rotatable bonds is 1. The third-order valence-electron chi connectivity index (χ3n) is 1.93. The highest BCUT2D eigenvalue weighted by Crippen LogP contribution is 2.32. The molecule has 0 amide bonds. The number of nitrogens with zero attached hydrogens (tertiary/aromatic N) is 1. The van der Waals surface area contributed by atoms with Gasteiger partial charge in [0, 0.05) is 17.5 Å². The molecule has 0 bridgehead atoms. The first-order chi connectivity index (χ1) is 5.79. The van der Waals surface area contributed by atoms with Crippen molar-refractivity contribution in [2.75, 3.05) is 0 Å². The molecular weight excluding hydrogens is 186 g/mol. The molecule has 62 valence electrons. The Bertz CT molecular complexity index is 333. The molecule has 0 N–H and O–H groups in total. The average Bonchev–Trinajstić information content (AvgIpc) is 2.43. The molecule has 2 rings (SSSR count). The van der Waals surface area contributed by atoms with E-state index >= 15 is 0 Å². The van der Waals surface area contributed by atoms with Crippen LogP contribution in [-0.2, 0) is 12.8 Å². The van der Waals surface area contributed by atoms with Gasteiger partial charge in [-0.05, 0) is 18.1 Å². The number of aromatic nitrogens is 1. The predicted molar refractivity (Wildman–Crippen MR) is 55.8 cm³/mol. The summed E-state index contributed by atoms with van der Waals surface area (Å²) in [6.07, 6.45) is 3.88. The van der Waals surface area contributed by atoms with E-state index in [9.17, 15) is 0 Å². The van der Waals surface area contributed by atoms with Crippen LogP contribution in [-0.4, -0.2) is 9.18 Å². The lowest BCUT2D eigenvalue weighted by atomic mass is 10.2. The highest BCUT2D eigenvalue weighted by Gasteiger charge is 2.17. The largest absolute Gasteiger partial charge is 0.259 e. The smallest absolute Gasteiger partial charge is 0.0600 e. The van der Waals surface area contributed by atoms with Crippen molar-refractivity contribution in [1.29, 1.82) is 0 Å². The predicted octanol–water partition coefficient (Wildman–Crippen LogP) is 2.62. The van der Waals surface area contributed by atoms with Crippen molar-refractivity contribution >= 4 is 28.2 Å². The van der Waals surface area contributed by atoms with Gasteiger partial charge in [0.1, 0.15) is 0 Å². The standard InChI is InChI=1S/C9H9NS2/c1-2-6-3-8-7(10-5-6)4-9(11)12-8/h3,5H,2,4H2,1H3. The van der Waals surface area contributed by atoms with Gasteiger partial charge < -0.3 is 0 Å². The molecule has 0 aliphatic carbocycles. The van der Waals surface area contributed by atoms with Gasteiger partial charge in [0.05, 0.1) is 9.89 Å². The van der Waals surface area contributed by atoms with Gasteiger partial charge >= 0.3 is 0 Å². The fourth-order valence-electron chi connectivity index (χ4n) is 1.22. The number of fused-ring (bicyclic) bond motifs is 1. The number of pyridine rings is 1. The van der Waals surface area contributed by atoms with Gasteiger partial charge in [-0.1, -0.05) is 30.9 Å². The maximum absolute atomic E-state index is 5.13. The summed E-state index contributed by atoms with van der Waals surface area (Å²) < 4.78 is 1.05. The molecule has 0 unspecified atom stereocenters. The molecule has 12 heavy (non-hydrogen) atoms. The minimum absolute atomic E-state index is 0.874. The van der Waals surface area contributed by atoms with Crippen LogP contribution in [0.1, 0.15) is 18.2 Å². The number of hydrogen-bond acceptors (Lipinski definition) is 3. The van der Waals surface area contributed by atoms with E-state index in [4.69, 9.17) is 12.2 Å². The van der Waals surface area contributed by atoms with Gasteiger partial charge in [-0.25, -0.2) is 0 Å². The summed E-state index contributed by atoms with van der Waals surface area (Å²) >= 11 is 6.82. The van der Waals surface area contributed by atoms with Crippen molar-refractivity contribution in [3.05, 3.63) is 23.5 Å². The minimum atomic E-state index is 0.874. The first-order valence-corrected chi connectivity index (χ1v) is 5.20. The van der Waals surface area contributed by atoms with Crippen LogP contribution in [0, 0.1) is 0 Å². The molecule has 1 aromatic rings. The summed E-state index contributed by atoms with van der Waals surface area (Å²) in [4.78, 5) is 5.64. The Kier molecular flexibility index (Phi) is 2.15. The molecule has 0 fully saturated rings. The quantitative estimate of drug-likeness (QED) is 0.639. The zero-order chi connectivity index (χ0) is 8.55. The molecule has 0 atom stereocenters. The van der Waals surface area contributed by atoms with Crippen LogP contribution >= 0.6 is 24.0 Å². The van der Waals surface area contributed by atoms with Crippen LogP contribution in [0.2, 0.25) is 0 Å². The SMILES string of the molecule is CCc1cnc2c(c1)SC(=S)C2. The first-order valence-electron chi connectivity index (χ1n) is 3.98. The molecule has 1 aromatic heterocycles. The van der Waals surface area contributed by atoms with Crippen molar-refractivity contribution in [1.82, 2.24) is 4.98 Å². The third kappa shape index (κ3) is 1.39. The average molecular weight is 195 g/mol. The topological polar surface area (TPSA) is 12.9 Å². The van der Waals surface area contributed by atoms with E-state index in [0.29, 0.717) is 0 Å². The maximum atomic E-state index is 5.13. The van der Waals surface area contributed by atoms with Crippen LogP contribution in [0.5, 0.6) is 0 Å². The zero-order valence-corrected chi connectivity index (χ0v) is 8.47. The Labute approximate surface area is 81.6 Å². The Morgan fingerprint density at radius 1 is 1.67 bits per heavy atom. The minimum Gasteiger partial charge on any atom is -0.259 e. The molecule has 0 aromatic carbocycles. The normalized spacial score (nSPS) is 14.9. The zero-order valence-electron chi connectivity index (χ0n) is 6.83. The van der Waals surface area contributed by atoms with Gasteiger partial charge in [0.25, 0.3) is 0 Å². The monoisotopic (exact) mass is 195 g/mol. The second-order valence-electron chi connectivity index (χ2n) is 2.79. The van der Waals surface area contributed by atoms with Gasteiger partial charge in [-0.3, -0.25) is 4.98 Å². The molecule has 0 spiro atoms. The Morgan fingerprint density at radius 3 is 3.25 bits per heavy atom. The number of thiocarbonyl (C=S) groups is 1. The number of thioether (sulfide) groups is 1. The summed E-state index contributed by atoms with van der Waals surface area (Å²) in [7, 11) is 0. The van der Waals surface area contributed by atoms with Crippen molar-refractivity contribution in [2.24, 2.45) is 0 Å². The lowest BCUT2D eigenvalue weighted by Gasteiger charge is -1.98. The molecule has 2 heterocycles. The Balaban J connectivity index is 2.41. The van der Waals surface area contributed by atoms with Crippen LogP contribution in [0.25, 0.3) is 0 Å². The van der Waals surface area contributed by atoms with E-state index in [-0.39, 0.29) is 0 Å². The lowest BCUT2D eigenvalue weighted by molar-refractivity contribution is 1.02. The molecule has 1 aliphatic rings. The molecule has 3 heteroatoms. The van der Waals surface area contributed by atoms with Gasteiger partial charge in [0.2, 0.25) is 0 Å². The molecule has 0 radical (unpaired) electrons. The molecule has 0 saturated carbocycles. The highest BCUT2D eigenvalue weighted by molar-refractivity contribution is 8.23. The van der Waals surface area contributed by atoms with E-state index in [0.717, 1.165) is 22.7 Å². The fourth-order valence-corrected chi connectivity index (χ4v) is 2.54. The lowest BCUT2D eigenvalue weighted by Crippen LogP contribution is -1.90. The van der Waals surface area contributed by atoms with Gasteiger partial charge in [-0.2, -0.15) is 0 Å². The van der Waals surface area contributed by atoms with Crippen LogP contribution in [0.3, 0.4) is 0 Å². The molecule has 1 nitrogen and oxygen atoms in total. The van der Waals surface area contributed by atoms with Crippen molar-refractivity contribution < 1.29 is 0 Å². The second-order valence-corrected chi connectivity index (χ2v) is 4.68. The van der Waals surface area contributed by atoms with Crippen molar-refractivity contribution in [3.63, 3.8) is 0 Å². The Morgan fingerprint density at radius 2 is 2.50 bits per heavy atom. The van der Waals surface area contributed by atoms with E-state index in [1.807, 2.05) is 6.20 Å².